The number of benzene rings is 1. The molecule has 1 aromatic rings. The fraction of sp³-hybridized carbons (Fsp3) is 0.200. The lowest BCUT2D eigenvalue weighted by Gasteiger charge is -2.20. The van der Waals surface area contributed by atoms with E-state index < -0.39 is 25.9 Å². The van der Waals surface area contributed by atoms with Crippen molar-refractivity contribution < 1.29 is 30.6 Å². The highest BCUT2D eigenvalue weighted by atomic mass is 32.3. The zero-order chi connectivity index (χ0) is 21.6. The van der Waals surface area contributed by atoms with E-state index in [2.05, 4.69) is 10.1 Å². The van der Waals surface area contributed by atoms with Gasteiger partial charge >= 0.3 is 10.1 Å². The number of amidine groups is 2. The topological polar surface area (TPSA) is 156 Å². The number of thioether (sulfide) groups is 1. The van der Waals surface area contributed by atoms with Crippen LogP contribution in [0.3, 0.4) is 0 Å². The number of rotatable bonds is 4. The summed E-state index contributed by atoms with van der Waals surface area (Å²) in [4.78, 5) is 16.1. The molecule has 0 radical (unpaired) electrons. The Kier molecular flexibility index (Phi) is 5.27. The predicted octanol–water partition coefficient (Wildman–Crippen LogP) is 0.655. The minimum Gasteiger partial charge on any atom is -0.493 e. The van der Waals surface area contributed by atoms with Crippen LogP contribution in [0.15, 0.2) is 33.9 Å². The average Bonchev–Trinajstić information content (AvgIpc) is 3.03. The molecule has 0 spiro atoms. The van der Waals surface area contributed by atoms with E-state index >= 15 is 0 Å². The summed E-state index contributed by atoms with van der Waals surface area (Å²) in [5.74, 6) is -1.03. The summed E-state index contributed by atoms with van der Waals surface area (Å²) in [6, 6.07) is 4.21. The van der Waals surface area contributed by atoms with Gasteiger partial charge in [-0.25, -0.2) is 8.42 Å². The molecule has 2 heterocycles. The Morgan fingerprint density at radius 1 is 1.17 bits per heavy atom. The second-order valence-corrected chi connectivity index (χ2v) is 10.6. The first-order valence-corrected chi connectivity index (χ1v) is 12.2. The number of amides is 1. The average molecular weight is 458 g/mol. The van der Waals surface area contributed by atoms with Gasteiger partial charge in [0.15, 0.2) is 17.3 Å². The summed E-state index contributed by atoms with van der Waals surface area (Å²) in [6.07, 6.45) is 3.18. The second kappa shape index (κ2) is 7.27. The Bertz CT molecular complexity index is 1230. The molecule has 0 unspecified atom stereocenters. The molecule has 0 bridgehead atoms. The van der Waals surface area contributed by atoms with E-state index in [9.17, 15) is 21.6 Å². The SMILES string of the molecule is COc1cc(/C=C2/C(=N)N3N=C(S(C)(=O)=O)SC3=NC2=O)ccc1OS(C)(=O)=O. The Balaban J connectivity index is 1.98. The van der Waals surface area contributed by atoms with Crippen molar-refractivity contribution in [3.63, 3.8) is 0 Å². The van der Waals surface area contributed by atoms with Gasteiger partial charge in [0.05, 0.1) is 18.9 Å². The number of carbonyl (C=O) groups is 1. The number of nitrogens with one attached hydrogen (secondary N) is 1. The van der Waals surface area contributed by atoms with Crippen LogP contribution in [0.4, 0.5) is 0 Å². The molecule has 1 N–H and O–H groups in total. The summed E-state index contributed by atoms with van der Waals surface area (Å²) in [5, 5.41) is 13.0. The molecule has 0 saturated heterocycles. The number of sulfone groups is 1. The van der Waals surface area contributed by atoms with Crippen LogP contribution in [0, 0.1) is 5.41 Å². The highest BCUT2D eigenvalue weighted by molar-refractivity contribution is 8.42. The largest absolute Gasteiger partial charge is 0.493 e. The smallest absolute Gasteiger partial charge is 0.306 e. The van der Waals surface area contributed by atoms with E-state index in [1.54, 1.807) is 0 Å². The lowest BCUT2D eigenvalue weighted by Crippen LogP contribution is -2.35. The molecule has 2 aliphatic heterocycles. The summed E-state index contributed by atoms with van der Waals surface area (Å²) in [7, 11) is -6.08. The van der Waals surface area contributed by atoms with E-state index in [0.717, 1.165) is 17.5 Å². The molecule has 0 aromatic heterocycles. The lowest BCUT2D eigenvalue weighted by atomic mass is 10.1. The number of nitrogens with zero attached hydrogens (tertiary/aromatic N) is 3. The van der Waals surface area contributed by atoms with Crippen molar-refractivity contribution in [2.45, 2.75) is 0 Å². The minimum absolute atomic E-state index is 0.0212. The number of aliphatic imine (C=N–C) groups is 1. The molecule has 14 heteroatoms. The maximum absolute atomic E-state index is 12.3. The highest BCUT2D eigenvalue weighted by Gasteiger charge is 2.38. The molecule has 1 amide bonds. The van der Waals surface area contributed by atoms with Crippen LogP contribution in [-0.2, 0) is 24.7 Å². The van der Waals surface area contributed by atoms with E-state index in [4.69, 9.17) is 14.3 Å². The van der Waals surface area contributed by atoms with Crippen LogP contribution >= 0.6 is 11.8 Å². The summed E-state index contributed by atoms with van der Waals surface area (Å²) < 4.78 is 55.6. The van der Waals surface area contributed by atoms with Crippen molar-refractivity contribution in [2.24, 2.45) is 10.1 Å². The first kappa shape index (κ1) is 21.0. The number of ether oxygens (including phenoxy) is 1. The zero-order valence-corrected chi connectivity index (χ0v) is 17.7. The number of fused-ring (bicyclic) bond motifs is 1. The van der Waals surface area contributed by atoms with E-state index in [0.29, 0.717) is 17.3 Å². The minimum atomic E-state index is -3.77. The van der Waals surface area contributed by atoms with Crippen LogP contribution in [0.25, 0.3) is 6.08 Å². The third kappa shape index (κ3) is 4.49. The molecular formula is C15H14N4O7S3. The molecule has 154 valence electrons. The van der Waals surface area contributed by atoms with Crippen LogP contribution in [0.5, 0.6) is 11.5 Å². The monoisotopic (exact) mass is 458 g/mol. The fourth-order valence-corrected chi connectivity index (χ4v) is 4.45. The van der Waals surface area contributed by atoms with Crippen molar-refractivity contribution in [2.75, 3.05) is 19.6 Å². The van der Waals surface area contributed by atoms with Gasteiger partial charge in [-0.1, -0.05) is 6.07 Å². The molecule has 0 atom stereocenters. The van der Waals surface area contributed by atoms with Gasteiger partial charge in [0.1, 0.15) is 0 Å². The Labute approximate surface area is 170 Å². The van der Waals surface area contributed by atoms with Crippen molar-refractivity contribution in [3.8, 4) is 11.5 Å². The molecule has 29 heavy (non-hydrogen) atoms. The molecule has 0 fully saturated rings. The Hall–Kier alpha value is -2.71. The molecule has 0 saturated carbocycles. The molecule has 11 nitrogen and oxygen atoms in total. The third-order valence-corrected chi connectivity index (χ3v) is 6.55. The summed E-state index contributed by atoms with van der Waals surface area (Å²) >= 11 is 0.686. The quantitative estimate of drug-likeness (QED) is 0.505. The van der Waals surface area contributed by atoms with Crippen LogP contribution in [0.1, 0.15) is 5.56 Å². The Morgan fingerprint density at radius 3 is 2.45 bits per heavy atom. The third-order valence-electron chi connectivity index (χ3n) is 3.49. The van der Waals surface area contributed by atoms with Gasteiger partial charge in [0, 0.05) is 6.26 Å². The van der Waals surface area contributed by atoms with Gasteiger partial charge in [-0.05, 0) is 35.5 Å². The maximum atomic E-state index is 12.3. The van der Waals surface area contributed by atoms with Crippen molar-refractivity contribution in [1.29, 1.82) is 5.41 Å². The first-order valence-electron chi connectivity index (χ1n) is 7.67. The van der Waals surface area contributed by atoms with Crippen LogP contribution in [-0.4, -0.2) is 62.8 Å². The molecule has 3 rings (SSSR count). The van der Waals surface area contributed by atoms with Crippen molar-refractivity contribution in [3.05, 3.63) is 29.3 Å². The highest BCUT2D eigenvalue weighted by Crippen LogP contribution is 2.32. The van der Waals surface area contributed by atoms with Crippen molar-refractivity contribution in [1.82, 2.24) is 5.01 Å². The van der Waals surface area contributed by atoms with E-state index in [1.165, 1.54) is 31.4 Å². The number of hydrazone groups is 1. The number of carbonyl (C=O) groups excluding carboxylic acids is 1. The van der Waals surface area contributed by atoms with Gasteiger partial charge in [-0.15, -0.1) is 5.10 Å². The standard InChI is InChI=1S/C15H14N4O7S3/c1-25-11-7-8(4-5-10(11)26-29(3,23)24)6-9-12(16)19-14(17-13(9)20)27-15(18-19)28(2,21)22/h4-7,16H,1-3H3/b9-6-,16-12?. The van der Waals surface area contributed by atoms with Gasteiger partial charge in [0.25, 0.3) is 5.91 Å². The normalized spacial score (nSPS) is 18.4. The maximum Gasteiger partial charge on any atom is 0.306 e. The molecule has 1 aromatic carbocycles. The van der Waals surface area contributed by atoms with E-state index in [1.807, 2.05) is 0 Å². The van der Waals surface area contributed by atoms with Gasteiger partial charge in [0.2, 0.25) is 19.4 Å². The number of hydrogen-bond donors (Lipinski definition) is 1. The van der Waals surface area contributed by atoms with Gasteiger partial charge < -0.3 is 8.92 Å². The van der Waals surface area contributed by atoms with Crippen LogP contribution < -0.4 is 8.92 Å². The summed E-state index contributed by atoms with van der Waals surface area (Å²) in [5.41, 5.74) is 0.264. The summed E-state index contributed by atoms with van der Waals surface area (Å²) in [6.45, 7) is 0. The number of methoxy groups -OCH3 is 1. The van der Waals surface area contributed by atoms with Gasteiger partial charge in [-0.3, -0.25) is 10.2 Å². The van der Waals surface area contributed by atoms with Gasteiger partial charge in [-0.2, -0.15) is 18.4 Å². The Morgan fingerprint density at radius 2 is 1.86 bits per heavy atom. The van der Waals surface area contributed by atoms with Crippen LogP contribution in [0.2, 0.25) is 0 Å². The molecule has 0 aliphatic carbocycles. The predicted molar refractivity (Wildman–Crippen MR) is 108 cm³/mol. The molecule has 2 aliphatic rings. The zero-order valence-electron chi connectivity index (χ0n) is 15.2. The first-order chi connectivity index (χ1) is 13.4. The second-order valence-electron chi connectivity index (χ2n) is 5.86. The fourth-order valence-electron chi connectivity index (χ4n) is 2.30. The lowest BCUT2D eigenvalue weighted by molar-refractivity contribution is -0.114. The molecular weight excluding hydrogens is 444 g/mol. The van der Waals surface area contributed by atoms with E-state index in [-0.39, 0.29) is 32.5 Å². The van der Waals surface area contributed by atoms with Crippen molar-refractivity contribution >= 4 is 59.1 Å². The number of hydrogen-bond acceptors (Lipinski definition) is 10.